The Morgan fingerprint density at radius 3 is 2.42 bits per heavy atom. The topological polar surface area (TPSA) is 87.7 Å². The number of carbonyl (C=O) groups is 2. The molecule has 0 bridgehead atoms. The Bertz CT molecular complexity index is 334. The average Bonchev–Trinajstić information content (AvgIpc) is 2.39. The molecule has 0 aliphatic carbocycles. The van der Waals surface area contributed by atoms with E-state index in [9.17, 15) is 14.7 Å². The molecule has 1 heterocycles. The molecule has 1 atom stereocenters. The summed E-state index contributed by atoms with van der Waals surface area (Å²) in [4.78, 5) is 23.8. The van der Waals surface area contributed by atoms with Gasteiger partial charge in [-0.3, -0.25) is 4.79 Å². The summed E-state index contributed by atoms with van der Waals surface area (Å²) >= 11 is 0. The number of nitrogens with one attached hydrogen (secondary N) is 2. The molecule has 0 aromatic heterocycles. The van der Waals surface area contributed by atoms with Crippen molar-refractivity contribution in [3.8, 4) is 0 Å². The molecule has 1 rings (SSSR count). The second-order valence-corrected chi connectivity index (χ2v) is 5.41. The summed E-state index contributed by atoms with van der Waals surface area (Å²) in [5.41, 5.74) is -1.84. The molecule has 0 saturated carbocycles. The van der Waals surface area contributed by atoms with Crippen LogP contribution in [0.25, 0.3) is 0 Å². The second kappa shape index (κ2) is 6.34. The first-order valence-electron chi connectivity index (χ1n) is 6.66. The van der Waals surface area contributed by atoms with Crippen molar-refractivity contribution in [1.82, 2.24) is 10.6 Å². The Kier molecular flexibility index (Phi) is 5.31. The van der Waals surface area contributed by atoms with Gasteiger partial charge in [0.1, 0.15) is 5.54 Å². The third kappa shape index (κ3) is 3.45. The van der Waals surface area contributed by atoms with E-state index in [1.54, 1.807) is 14.0 Å². The van der Waals surface area contributed by atoms with Crippen LogP contribution in [0, 0.1) is 5.41 Å². The van der Waals surface area contributed by atoms with Crippen molar-refractivity contribution < 1.29 is 19.4 Å². The zero-order valence-corrected chi connectivity index (χ0v) is 11.9. The number of ether oxygens (including phenoxy) is 1. The van der Waals surface area contributed by atoms with Crippen molar-refractivity contribution in [2.75, 3.05) is 26.8 Å². The Balaban J connectivity index is 2.85. The molecular weight excluding hydrogens is 248 g/mol. The Morgan fingerprint density at radius 1 is 1.42 bits per heavy atom. The van der Waals surface area contributed by atoms with Crippen LogP contribution in [-0.2, 0) is 14.3 Å². The number of amides is 1. The fourth-order valence-electron chi connectivity index (χ4n) is 2.29. The molecule has 0 spiro atoms. The molecule has 0 aromatic rings. The molecule has 3 N–H and O–H groups in total. The van der Waals surface area contributed by atoms with Gasteiger partial charge in [-0.05, 0) is 39.3 Å². The van der Waals surface area contributed by atoms with Crippen LogP contribution in [0.1, 0.15) is 33.1 Å². The molecule has 0 aromatic carbocycles. The quantitative estimate of drug-likeness (QED) is 0.650. The maximum absolute atomic E-state index is 12.5. The van der Waals surface area contributed by atoms with E-state index in [1.165, 1.54) is 6.92 Å². The Hall–Kier alpha value is -1.14. The lowest BCUT2D eigenvalue weighted by molar-refractivity contribution is -0.150. The highest BCUT2D eigenvalue weighted by Gasteiger charge is 2.44. The first-order valence-corrected chi connectivity index (χ1v) is 6.66. The third-order valence-electron chi connectivity index (χ3n) is 4.03. The van der Waals surface area contributed by atoms with Gasteiger partial charge in [-0.2, -0.15) is 0 Å². The highest BCUT2D eigenvalue weighted by atomic mass is 16.5. The fraction of sp³-hybridized carbons (Fsp3) is 0.846. The van der Waals surface area contributed by atoms with E-state index in [2.05, 4.69) is 10.6 Å². The van der Waals surface area contributed by atoms with Gasteiger partial charge in [0.25, 0.3) is 0 Å². The lowest BCUT2D eigenvalue weighted by Gasteiger charge is -2.38. The van der Waals surface area contributed by atoms with Gasteiger partial charge in [0.15, 0.2) is 0 Å². The molecule has 1 aliphatic heterocycles. The van der Waals surface area contributed by atoms with Crippen LogP contribution < -0.4 is 10.6 Å². The summed E-state index contributed by atoms with van der Waals surface area (Å²) in [7, 11) is 1.56. The molecule has 1 aliphatic rings. The van der Waals surface area contributed by atoms with Crippen molar-refractivity contribution in [2.45, 2.75) is 38.6 Å². The predicted octanol–water partition coefficient (Wildman–Crippen LogP) is 0.372. The molecule has 19 heavy (non-hydrogen) atoms. The van der Waals surface area contributed by atoms with E-state index in [0.29, 0.717) is 25.9 Å². The first-order chi connectivity index (χ1) is 8.90. The number of carbonyl (C=O) groups excluding carboxylic acids is 1. The number of carboxylic acids is 1. The summed E-state index contributed by atoms with van der Waals surface area (Å²) in [6.45, 7) is 5.09. The van der Waals surface area contributed by atoms with Crippen molar-refractivity contribution in [2.24, 2.45) is 5.41 Å². The Morgan fingerprint density at radius 2 is 2.00 bits per heavy atom. The van der Waals surface area contributed by atoms with Gasteiger partial charge in [0.05, 0.1) is 12.0 Å². The zero-order chi connectivity index (χ0) is 14.5. The van der Waals surface area contributed by atoms with Gasteiger partial charge >= 0.3 is 5.97 Å². The number of carboxylic acid groups (broad SMARTS) is 1. The molecule has 1 fully saturated rings. The van der Waals surface area contributed by atoms with Crippen LogP contribution in [0.5, 0.6) is 0 Å². The van der Waals surface area contributed by atoms with Gasteiger partial charge in [-0.25, -0.2) is 4.79 Å². The van der Waals surface area contributed by atoms with Gasteiger partial charge in [0, 0.05) is 7.11 Å². The molecule has 6 heteroatoms. The summed E-state index contributed by atoms with van der Waals surface area (Å²) in [5.74, 6) is -1.23. The van der Waals surface area contributed by atoms with Crippen LogP contribution in [0.3, 0.4) is 0 Å². The largest absolute Gasteiger partial charge is 0.480 e. The maximum Gasteiger partial charge on any atom is 0.329 e. The SMILES string of the molecule is CCC(C)(NC(=O)C1(COC)CCNCC1)C(=O)O. The van der Waals surface area contributed by atoms with Crippen LogP contribution in [0.2, 0.25) is 0 Å². The molecule has 6 nitrogen and oxygen atoms in total. The smallest absolute Gasteiger partial charge is 0.329 e. The van der Waals surface area contributed by atoms with E-state index in [0.717, 1.165) is 13.1 Å². The molecule has 1 unspecified atom stereocenters. The first kappa shape index (κ1) is 15.9. The van der Waals surface area contributed by atoms with Gasteiger partial charge in [-0.15, -0.1) is 0 Å². The number of aliphatic carboxylic acids is 1. The van der Waals surface area contributed by atoms with Gasteiger partial charge in [0.2, 0.25) is 5.91 Å². The van der Waals surface area contributed by atoms with Crippen molar-refractivity contribution in [1.29, 1.82) is 0 Å². The molecule has 1 saturated heterocycles. The summed E-state index contributed by atoms with van der Waals surface area (Å²) < 4.78 is 5.18. The summed E-state index contributed by atoms with van der Waals surface area (Å²) in [6.07, 6.45) is 1.66. The van der Waals surface area contributed by atoms with Crippen LogP contribution in [0.4, 0.5) is 0 Å². The fourth-order valence-corrected chi connectivity index (χ4v) is 2.29. The average molecular weight is 272 g/mol. The van der Waals surface area contributed by atoms with Crippen molar-refractivity contribution in [3.63, 3.8) is 0 Å². The minimum atomic E-state index is -1.22. The molecular formula is C13H24N2O4. The number of hydrogen-bond acceptors (Lipinski definition) is 4. The van der Waals surface area contributed by atoms with Crippen molar-refractivity contribution in [3.05, 3.63) is 0 Å². The number of methoxy groups -OCH3 is 1. The van der Waals surface area contributed by atoms with E-state index in [1.807, 2.05) is 0 Å². The normalized spacial score (nSPS) is 21.4. The van der Waals surface area contributed by atoms with E-state index >= 15 is 0 Å². The van der Waals surface area contributed by atoms with E-state index in [4.69, 9.17) is 4.74 Å². The van der Waals surface area contributed by atoms with Crippen LogP contribution in [-0.4, -0.2) is 49.3 Å². The standard InChI is InChI=1S/C13H24N2O4/c1-4-12(2,11(17)18)15-10(16)13(9-19-3)5-7-14-8-6-13/h14H,4-9H2,1-3H3,(H,15,16)(H,17,18). The van der Waals surface area contributed by atoms with Gasteiger partial charge < -0.3 is 20.5 Å². The summed E-state index contributed by atoms with van der Waals surface area (Å²) in [6, 6.07) is 0. The maximum atomic E-state index is 12.5. The molecule has 0 radical (unpaired) electrons. The highest BCUT2D eigenvalue weighted by molar-refractivity contribution is 5.89. The highest BCUT2D eigenvalue weighted by Crippen LogP contribution is 2.30. The van der Waals surface area contributed by atoms with Crippen LogP contribution >= 0.6 is 0 Å². The number of hydrogen-bond donors (Lipinski definition) is 3. The lowest BCUT2D eigenvalue weighted by Crippen LogP contribution is -2.59. The monoisotopic (exact) mass is 272 g/mol. The zero-order valence-electron chi connectivity index (χ0n) is 11.9. The van der Waals surface area contributed by atoms with Crippen molar-refractivity contribution >= 4 is 11.9 Å². The second-order valence-electron chi connectivity index (χ2n) is 5.41. The number of piperidine rings is 1. The van der Waals surface area contributed by atoms with E-state index in [-0.39, 0.29) is 5.91 Å². The third-order valence-corrected chi connectivity index (χ3v) is 4.03. The number of rotatable bonds is 6. The van der Waals surface area contributed by atoms with Gasteiger partial charge in [-0.1, -0.05) is 6.92 Å². The lowest BCUT2D eigenvalue weighted by atomic mass is 9.78. The molecule has 1 amide bonds. The minimum absolute atomic E-state index is 0.220. The minimum Gasteiger partial charge on any atom is -0.480 e. The summed E-state index contributed by atoms with van der Waals surface area (Å²) in [5, 5.41) is 15.1. The molecule has 110 valence electrons. The van der Waals surface area contributed by atoms with Crippen LogP contribution in [0.15, 0.2) is 0 Å². The predicted molar refractivity (Wildman–Crippen MR) is 70.9 cm³/mol. The van der Waals surface area contributed by atoms with E-state index < -0.39 is 16.9 Å². The Labute approximate surface area is 113 Å².